The van der Waals surface area contributed by atoms with Crippen molar-refractivity contribution in [3.63, 3.8) is 0 Å². The van der Waals surface area contributed by atoms with Gasteiger partial charge in [0.25, 0.3) is 0 Å². The fourth-order valence-electron chi connectivity index (χ4n) is 4.23. The molecule has 0 atom stereocenters. The lowest BCUT2D eigenvalue weighted by Gasteiger charge is -2.36. The van der Waals surface area contributed by atoms with E-state index in [1.54, 1.807) is 12.1 Å². The summed E-state index contributed by atoms with van der Waals surface area (Å²) in [6, 6.07) is 23.3. The molecule has 31 heavy (non-hydrogen) atoms. The van der Waals surface area contributed by atoms with Gasteiger partial charge in [0.15, 0.2) is 0 Å². The molecule has 2 N–H and O–H groups in total. The monoisotopic (exact) mass is 438 g/mol. The first-order valence-corrected chi connectivity index (χ1v) is 11.2. The van der Waals surface area contributed by atoms with Crippen molar-refractivity contribution in [3.8, 4) is 11.5 Å². The number of halogens is 2. The van der Waals surface area contributed by atoms with E-state index in [-0.39, 0.29) is 11.9 Å². The molecule has 1 aliphatic rings. The van der Waals surface area contributed by atoms with Crippen LogP contribution < -0.4 is 10.5 Å². The van der Waals surface area contributed by atoms with Crippen molar-refractivity contribution in [3.05, 3.63) is 94.8 Å². The van der Waals surface area contributed by atoms with Crippen LogP contribution in [0, 0.1) is 5.82 Å². The van der Waals surface area contributed by atoms with Crippen molar-refractivity contribution < 1.29 is 9.13 Å². The Morgan fingerprint density at radius 1 is 0.871 bits per heavy atom. The van der Waals surface area contributed by atoms with Crippen LogP contribution in [-0.4, -0.2) is 17.0 Å². The highest BCUT2D eigenvalue weighted by Gasteiger charge is 2.26. The number of benzene rings is 3. The second-order valence-corrected chi connectivity index (χ2v) is 8.64. The molecule has 0 unspecified atom stereocenters. The van der Waals surface area contributed by atoms with Crippen molar-refractivity contribution in [2.24, 2.45) is 5.73 Å². The maximum atomic E-state index is 14.5. The minimum atomic E-state index is -0.258. The van der Waals surface area contributed by atoms with E-state index in [4.69, 9.17) is 22.1 Å². The maximum Gasteiger partial charge on any atom is 0.129 e. The van der Waals surface area contributed by atoms with Gasteiger partial charge in [-0.1, -0.05) is 48.0 Å². The van der Waals surface area contributed by atoms with Crippen LogP contribution >= 0.6 is 11.6 Å². The van der Waals surface area contributed by atoms with Crippen molar-refractivity contribution in [2.45, 2.75) is 50.9 Å². The number of para-hydroxylation sites is 1. The molecular formula is C26H28ClFN2O. The van der Waals surface area contributed by atoms with Gasteiger partial charge in [-0.15, -0.1) is 0 Å². The van der Waals surface area contributed by atoms with Gasteiger partial charge in [-0.05, 0) is 67.6 Å². The van der Waals surface area contributed by atoms with Crippen LogP contribution in [0.2, 0.25) is 5.02 Å². The largest absolute Gasteiger partial charge is 0.457 e. The quantitative estimate of drug-likeness (QED) is 0.455. The van der Waals surface area contributed by atoms with Crippen molar-refractivity contribution in [1.82, 2.24) is 4.90 Å². The zero-order valence-corrected chi connectivity index (χ0v) is 18.3. The first kappa shape index (κ1) is 21.8. The smallest absolute Gasteiger partial charge is 0.129 e. The Kier molecular flexibility index (Phi) is 7.23. The molecule has 0 radical (unpaired) electrons. The van der Waals surface area contributed by atoms with Gasteiger partial charge in [0.1, 0.15) is 17.3 Å². The summed E-state index contributed by atoms with van der Waals surface area (Å²) in [7, 11) is 0. The molecule has 4 rings (SSSR count). The van der Waals surface area contributed by atoms with Crippen LogP contribution in [0.3, 0.4) is 0 Å². The van der Waals surface area contributed by atoms with E-state index in [0.717, 1.165) is 42.7 Å². The van der Waals surface area contributed by atoms with Gasteiger partial charge in [0, 0.05) is 35.8 Å². The molecule has 0 aromatic heterocycles. The zero-order chi connectivity index (χ0) is 21.6. The van der Waals surface area contributed by atoms with Gasteiger partial charge < -0.3 is 10.5 Å². The summed E-state index contributed by atoms with van der Waals surface area (Å²) >= 11 is 6.35. The highest BCUT2D eigenvalue weighted by Crippen LogP contribution is 2.29. The van der Waals surface area contributed by atoms with Gasteiger partial charge >= 0.3 is 0 Å². The average Bonchev–Trinajstić information content (AvgIpc) is 2.77. The number of rotatable bonds is 7. The van der Waals surface area contributed by atoms with Crippen molar-refractivity contribution in [2.75, 3.05) is 0 Å². The molecule has 1 aliphatic carbocycles. The molecule has 3 aromatic carbocycles. The molecule has 1 fully saturated rings. The van der Waals surface area contributed by atoms with Crippen LogP contribution in [0.25, 0.3) is 0 Å². The predicted octanol–water partition coefficient (Wildman–Crippen LogP) is 6.54. The average molecular weight is 439 g/mol. The molecule has 5 heteroatoms. The van der Waals surface area contributed by atoms with Crippen LogP contribution in [0.4, 0.5) is 4.39 Å². The van der Waals surface area contributed by atoms with E-state index >= 15 is 0 Å². The molecule has 1 saturated carbocycles. The van der Waals surface area contributed by atoms with Gasteiger partial charge in [-0.25, -0.2) is 4.39 Å². The normalized spacial score (nSPS) is 18.8. The van der Waals surface area contributed by atoms with E-state index in [9.17, 15) is 4.39 Å². The molecule has 0 aliphatic heterocycles. The van der Waals surface area contributed by atoms with Crippen molar-refractivity contribution in [1.29, 1.82) is 0 Å². The fraction of sp³-hybridized carbons (Fsp3) is 0.308. The Morgan fingerprint density at radius 3 is 2.32 bits per heavy atom. The van der Waals surface area contributed by atoms with Gasteiger partial charge in [0.05, 0.1) is 0 Å². The zero-order valence-electron chi connectivity index (χ0n) is 17.5. The molecule has 3 aromatic rings. The molecule has 3 nitrogen and oxygen atoms in total. The number of nitrogens with zero attached hydrogens (tertiary/aromatic N) is 1. The van der Waals surface area contributed by atoms with Crippen molar-refractivity contribution >= 4 is 11.6 Å². The van der Waals surface area contributed by atoms with Gasteiger partial charge in [-0.3, -0.25) is 4.90 Å². The van der Waals surface area contributed by atoms with Crippen LogP contribution in [0.5, 0.6) is 11.5 Å². The molecular weight excluding hydrogens is 411 g/mol. The van der Waals surface area contributed by atoms with Crippen LogP contribution in [-0.2, 0) is 13.1 Å². The molecule has 0 saturated heterocycles. The van der Waals surface area contributed by atoms with Gasteiger partial charge in [-0.2, -0.15) is 0 Å². The lowest BCUT2D eigenvalue weighted by molar-refractivity contribution is 0.132. The summed E-state index contributed by atoms with van der Waals surface area (Å²) in [6.45, 7) is 1.16. The summed E-state index contributed by atoms with van der Waals surface area (Å²) < 4.78 is 20.5. The molecule has 0 spiro atoms. The fourth-order valence-corrected chi connectivity index (χ4v) is 4.46. The summed E-state index contributed by atoms with van der Waals surface area (Å²) in [5, 5.41) is 0.471. The number of ether oxygens (including phenoxy) is 1. The van der Waals surface area contributed by atoms with E-state index in [2.05, 4.69) is 17.0 Å². The number of hydrogen-bond donors (Lipinski definition) is 1. The third kappa shape index (κ3) is 5.85. The first-order valence-electron chi connectivity index (χ1n) is 10.8. The Morgan fingerprint density at radius 2 is 1.58 bits per heavy atom. The molecule has 162 valence electrons. The molecule has 0 heterocycles. The first-order chi connectivity index (χ1) is 15.1. The summed E-state index contributed by atoms with van der Waals surface area (Å²) in [6.07, 6.45) is 3.99. The summed E-state index contributed by atoms with van der Waals surface area (Å²) in [5.74, 6) is 1.33. The Balaban J connectivity index is 1.55. The van der Waals surface area contributed by atoms with E-state index in [1.807, 2.05) is 42.5 Å². The SMILES string of the molecule is NC1CCC(N(Cc2cccc(Oc3ccccc3)c2)Cc2c(F)cccc2Cl)CC1. The standard InChI is InChI=1S/C26H28ClFN2O/c27-25-10-5-11-26(28)24(25)18-30(21-14-12-20(29)13-15-21)17-19-6-4-9-23(16-19)31-22-7-2-1-3-8-22/h1-11,16,20-21H,12-15,17-18,29H2. The Labute approximate surface area is 188 Å². The third-order valence-corrected chi connectivity index (χ3v) is 6.30. The lowest BCUT2D eigenvalue weighted by Crippen LogP contribution is -2.40. The summed E-state index contributed by atoms with van der Waals surface area (Å²) in [4.78, 5) is 2.33. The minimum absolute atomic E-state index is 0.258. The Hall–Kier alpha value is -2.40. The minimum Gasteiger partial charge on any atom is -0.457 e. The number of nitrogens with two attached hydrogens (primary N) is 1. The van der Waals surface area contributed by atoms with E-state index < -0.39 is 0 Å². The predicted molar refractivity (Wildman–Crippen MR) is 124 cm³/mol. The molecule has 0 amide bonds. The maximum absolute atomic E-state index is 14.5. The second-order valence-electron chi connectivity index (χ2n) is 8.24. The highest BCUT2D eigenvalue weighted by atomic mass is 35.5. The topological polar surface area (TPSA) is 38.5 Å². The van der Waals surface area contributed by atoms with E-state index in [0.29, 0.717) is 29.7 Å². The Bertz CT molecular complexity index is 969. The van der Waals surface area contributed by atoms with E-state index in [1.165, 1.54) is 6.07 Å². The lowest BCUT2D eigenvalue weighted by atomic mass is 9.90. The third-order valence-electron chi connectivity index (χ3n) is 5.94. The van der Waals surface area contributed by atoms with Crippen LogP contribution in [0.1, 0.15) is 36.8 Å². The van der Waals surface area contributed by atoms with Gasteiger partial charge in [0.2, 0.25) is 0 Å². The second kappa shape index (κ2) is 10.3. The van der Waals surface area contributed by atoms with Crippen LogP contribution in [0.15, 0.2) is 72.8 Å². The summed E-state index contributed by atoms with van der Waals surface area (Å²) in [5.41, 5.74) is 7.80. The number of hydrogen-bond acceptors (Lipinski definition) is 3. The molecule has 0 bridgehead atoms. The highest BCUT2D eigenvalue weighted by molar-refractivity contribution is 6.31.